The largest absolute Gasteiger partial charge is 0.492 e. The van der Waals surface area contributed by atoms with E-state index in [1.807, 2.05) is 30.3 Å². The Bertz CT molecular complexity index is 1100. The number of ketones is 1. The molecule has 5 heteroatoms. The number of benzene rings is 2. The van der Waals surface area contributed by atoms with E-state index >= 15 is 0 Å². The SMILES string of the molecule is CC(C)c1c(OC(c2ccncc2)c2ccc(C#N)cc2)ccc2c1OCCC2=O. The highest BCUT2D eigenvalue weighted by Gasteiger charge is 2.27. The van der Waals surface area contributed by atoms with Gasteiger partial charge < -0.3 is 9.47 Å². The minimum atomic E-state index is -0.393. The first-order chi connectivity index (χ1) is 14.6. The van der Waals surface area contributed by atoms with Crippen LogP contribution < -0.4 is 9.47 Å². The lowest BCUT2D eigenvalue weighted by Gasteiger charge is -2.27. The van der Waals surface area contributed by atoms with E-state index in [2.05, 4.69) is 24.9 Å². The molecule has 2 heterocycles. The number of hydrogen-bond donors (Lipinski definition) is 0. The quantitative estimate of drug-likeness (QED) is 0.590. The summed E-state index contributed by atoms with van der Waals surface area (Å²) in [6.07, 6.45) is 3.46. The number of rotatable bonds is 5. The number of pyridine rings is 1. The second-order valence-electron chi connectivity index (χ2n) is 7.54. The number of nitrogens with zero attached hydrogens (tertiary/aromatic N) is 2. The number of ether oxygens (including phenoxy) is 2. The summed E-state index contributed by atoms with van der Waals surface area (Å²) in [5.41, 5.74) is 3.98. The van der Waals surface area contributed by atoms with Gasteiger partial charge in [0.05, 0.1) is 23.8 Å². The summed E-state index contributed by atoms with van der Waals surface area (Å²) in [6, 6.07) is 17.0. The minimum Gasteiger partial charge on any atom is -0.492 e. The summed E-state index contributed by atoms with van der Waals surface area (Å²) in [6.45, 7) is 4.51. The number of carbonyl (C=O) groups excluding carboxylic acids is 1. The van der Waals surface area contributed by atoms with Crippen molar-refractivity contribution in [2.45, 2.75) is 32.3 Å². The maximum Gasteiger partial charge on any atom is 0.170 e. The van der Waals surface area contributed by atoms with Crippen LogP contribution in [0, 0.1) is 11.3 Å². The molecular weight excluding hydrogens is 376 g/mol. The Morgan fingerprint density at radius 1 is 1.03 bits per heavy atom. The summed E-state index contributed by atoms with van der Waals surface area (Å²) in [7, 11) is 0. The van der Waals surface area contributed by atoms with Crippen molar-refractivity contribution in [3.05, 3.63) is 88.7 Å². The number of fused-ring (bicyclic) bond motifs is 1. The van der Waals surface area contributed by atoms with E-state index in [4.69, 9.17) is 14.7 Å². The first kappa shape index (κ1) is 19.7. The van der Waals surface area contributed by atoms with E-state index in [0.29, 0.717) is 35.7 Å². The average molecular weight is 398 g/mol. The van der Waals surface area contributed by atoms with Crippen molar-refractivity contribution >= 4 is 5.78 Å². The van der Waals surface area contributed by atoms with Crippen LogP contribution in [0.4, 0.5) is 0 Å². The van der Waals surface area contributed by atoms with E-state index in [-0.39, 0.29) is 11.7 Å². The van der Waals surface area contributed by atoms with Crippen molar-refractivity contribution in [2.75, 3.05) is 6.61 Å². The first-order valence-electron chi connectivity index (χ1n) is 9.98. The van der Waals surface area contributed by atoms with Gasteiger partial charge in [0.1, 0.15) is 17.6 Å². The molecule has 1 aliphatic heterocycles. The van der Waals surface area contributed by atoms with E-state index in [1.165, 1.54) is 0 Å². The highest BCUT2D eigenvalue weighted by molar-refractivity contribution is 6.00. The molecule has 0 radical (unpaired) electrons. The summed E-state index contributed by atoms with van der Waals surface area (Å²) in [5, 5.41) is 9.12. The van der Waals surface area contributed by atoms with Crippen LogP contribution in [0.25, 0.3) is 0 Å². The van der Waals surface area contributed by atoms with Crippen LogP contribution in [-0.4, -0.2) is 17.4 Å². The number of hydrogen-bond acceptors (Lipinski definition) is 5. The molecule has 0 fully saturated rings. The van der Waals surface area contributed by atoms with Gasteiger partial charge in [-0.05, 0) is 53.4 Å². The topological polar surface area (TPSA) is 72.2 Å². The molecule has 0 bridgehead atoms. The fourth-order valence-corrected chi connectivity index (χ4v) is 3.71. The van der Waals surface area contributed by atoms with Crippen molar-refractivity contribution in [3.63, 3.8) is 0 Å². The molecular formula is C25H22N2O3. The van der Waals surface area contributed by atoms with E-state index in [9.17, 15) is 4.79 Å². The molecule has 0 amide bonds. The molecule has 5 nitrogen and oxygen atoms in total. The highest BCUT2D eigenvalue weighted by atomic mass is 16.5. The zero-order chi connectivity index (χ0) is 21.1. The van der Waals surface area contributed by atoms with E-state index < -0.39 is 6.10 Å². The molecule has 0 aliphatic carbocycles. The van der Waals surface area contributed by atoms with Crippen molar-refractivity contribution < 1.29 is 14.3 Å². The minimum absolute atomic E-state index is 0.0995. The van der Waals surface area contributed by atoms with Crippen molar-refractivity contribution in [1.29, 1.82) is 5.26 Å². The third-order valence-electron chi connectivity index (χ3n) is 5.21. The number of aromatic nitrogens is 1. The van der Waals surface area contributed by atoms with Crippen LogP contribution in [0.3, 0.4) is 0 Å². The summed E-state index contributed by atoms with van der Waals surface area (Å²) >= 11 is 0. The summed E-state index contributed by atoms with van der Waals surface area (Å²) in [4.78, 5) is 16.5. The van der Waals surface area contributed by atoms with Gasteiger partial charge in [-0.1, -0.05) is 26.0 Å². The Kier molecular flexibility index (Phi) is 5.49. The Hall–Kier alpha value is -3.65. The van der Waals surface area contributed by atoms with Crippen LogP contribution in [0.1, 0.15) is 64.9 Å². The number of nitriles is 1. The predicted molar refractivity (Wildman–Crippen MR) is 113 cm³/mol. The molecule has 1 unspecified atom stereocenters. The standard InChI is InChI=1S/C25H22N2O3/c1-16(2)23-22(8-7-20-21(28)11-14-29-25(20)23)30-24(19-9-12-27-13-10-19)18-5-3-17(15-26)4-6-18/h3-10,12-13,16,24H,11,14H2,1-2H3. The Labute approximate surface area is 175 Å². The van der Waals surface area contributed by atoms with Crippen LogP contribution in [0.2, 0.25) is 0 Å². The Balaban J connectivity index is 1.80. The summed E-state index contributed by atoms with van der Waals surface area (Å²) < 4.78 is 12.5. The highest BCUT2D eigenvalue weighted by Crippen LogP contribution is 2.42. The average Bonchev–Trinajstić information content (AvgIpc) is 2.78. The van der Waals surface area contributed by atoms with E-state index in [1.54, 1.807) is 30.6 Å². The van der Waals surface area contributed by atoms with Gasteiger partial charge in [-0.25, -0.2) is 0 Å². The van der Waals surface area contributed by atoms with Gasteiger partial charge in [-0.3, -0.25) is 9.78 Å². The van der Waals surface area contributed by atoms with Gasteiger partial charge in [0, 0.05) is 24.4 Å². The van der Waals surface area contributed by atoms with Gasteiger partial charge in [-0.15, -0.1) is 0 Å². The maximum absolute atomic E-state index is 12.3. The third kappa shape index (κ3) is 3.77. The predicted octanol–water partition coefficient (Wildman–Crippen LogP) is 5.21. The smallest absolute Gasteiger partial charge is 0.170 e. The van der Waals surface area contributed by atoms with Gasteiger partial charge in [0.2, 0.25) is 0 Å². The van der Waals surface area contributed by atoms with Crippen molar-refractivity contribution in [1.82, 2.24) is 4.98 Å². The molecule has 0 spiro atoms. The lowest BCUT2D eigenvalue weighted by atomic mass is 9.93. The normalized spacial score (nSPS) is 13.9. The second kappa shape index (κ2) is 8.38. The van der Waals surface area contributed by atoms with Gasteiger partial charge in [0.15, 0.2) is 5.78 Å². The molecule has 4 rings (SSSR count). The molecule has 1 aromatic heterocycles. The molecule has 1 atom stereocenters. The van der Waals surface area contributed by atoms with Gasteiger partial charge >= 0.3 is 0 Å². The fraction of sp³-hybridized carbons (Fsp3) is 0.240. The zero-order valence-electron chi connectivity index (χ0n) is 17.0. The third-order valence-corrected chi connectivity index (χ3v) is 5.21. The van der Waals surface area contributed by atoms with Gasteiger partial charge in [0.25, 0.3) is 0 Å². The molecule has 0 saturated heterocycles. The molecule has 1 aliphatic rings. The fourth-order valence-electron chi connectivity index (χ4n) is 3.71. The Morgan fingerprint density at radius 2 is 1.73 bits per heavy atom. The molecule has 0 N–H and O–H groups in total. The van der Waals surface area contributed by atoms with Crippen LogP contribution in [0.15, 0.2) is 60.9 Å². The monoisotopic (exact) mass is 398 g/mol. The zero-order valence-corrected chi connectivity index (χ0v) is 17.0. The van der Waals surface area contributed by atoms with Crippen LogP contribution in [-0.2, 0) is 0 Å². The van der Waals surface area contributed by atoms with Gasteiger partial charge in [-0.2, -0.15) is 5.26 Å². The molecule has 150 valence electrons. The maximum atomic E-state index is 12.3. The first-order valence-corrected chi connectivity index (χ1v) is 9.98. The number of carbonyl (C=O) groups is 1. The Morgan fingerprint density at radius 3 is 2.40 bits per heavy atom. The lowest BCUT2D eigenvalue weighted by Crippen LogP contribution is -2.18. The molecule has 30 heavy (non-hydrogen) atoms. The van der Waals surface area contributed by atoms with Crippen molar-refractivity contribution in [2.24, 2.45) is 0 Å². The van der Waals surface area contributed by atoms with Crippen LogP contribution in [0.5, 0.6) is 11.5 Å². The number of Topliss-reactive ketones (excluding diaryl/α,β-unsaturated/α-hetero) is 1. The van der Waals surface area contributed by atoms with E-state index in [0.717, 1.165) is 16.7 Å². The molecule has 0 saturated carbocycles. The second-order valence-corrected chi connectivity index (χ2v) is 7.54. The molecule has 3 aromatic rings. The van der Waals surface area contributed by atoms with Crippen LogP contribution >= 0.6 is 0 Å². The summed E-state index contributed by atoms with van der Waals surface area (Å²) in [5.74, 6) is 1.53. The lowest BCUT2D eigenvalue weighted by molar-refractivity contribution is 0.0931. The van der Waals surface area contributed by atoms with Crippen molar-refractivity contribution in [3.8, 4) is 17.6 Å². The molecule has 2 aromatic carbocycles.